The van der Waals surface area contributed by atoms with Crippen LogP contribution < -0.4 is 5.73 Å². The van der Waals surface area contributed by atoms with Crippen molar-refractivity contribution in [1.82, 2.24) is 9.80 Å². The fourth-order valence-electron chi connectivity index (χ4n) is 4.29. The fourth-order valence-corrected chi connectivity index (χ4v) is 4.29. The lowest BCUT2D eigenvalue weighted by Gasteiger charge is -2.42. The third-order valence-electron chi connectivity index (χ3n) is 5.92. The highest BCUT2D eigenvalue weighted by Gasteiger charge is 2.43. The molecule has 2 fully saturated rings. The van der Waals surface area contributed by atoms with E-state index in [1.807, 2.05) is 23.1 Å². The summed E-state index contributed by atoms with van der Waals surface area (Å²) < 4.78 is 0. The fraction of sp³-hybridized carbons (Fsp3) is 0.619. The molecule has 2 saturated heterocycles. The first-order chi connectivity index (χ1) is 13.0. The van der Waals surface area contributed by atoms with Gasteiger partial charge in [-0.25, -0.2) is 0 Å². The molecule has 2 heterocycles. The summed E-state index contributed by atoms with van der Waals surface area (Å²) >= 11 is 0. The molecular weight excluding hydrogens is 342 g/mol. The maximum atomic E-state index is 12.9. The lowest BCUT2D eigenvalue weighted by Crippen LogP contribution is -2.59. The molecule has 27 heavy (non-hydrogen) atoms. The van der Waals surface area contributed by atoms with Crippen LogP contribution in [-0.2, 0) is 16.0 Å². The van der Waals surface area contributed by atoms with Crippen molar-refractivity contribution in [3.05, 3.63) is 35.9 Å². The Bertz CT molecular complexity index is 643. The second-order valence-electron chi connectivity index (χ2n) is 7.97. The second kappa shape index (κ2) is 8.85. The predicted molar refractivity (Wildman–Crippen MR) is 104 cm³/mol. The SMILES string of the molecule is NC(=O)C1CCN(CC2(O)CCCN(CCCc3ccccc3)C2=O)CC1. The Morgan fingerprint density at radius 3 is 2.56 bits per heavy atom. The molecule has 0 spiro atoms. The molecule has 1 atom stereocenters. The van der Waals surface area contributed by atoms with Gasteiger partial charge in [0.15, 0.2) is 5.60 Å². The molecule has 0 radical (unpaired) electrons. The van der Waals surface area contributed by atoms with Gasteiger partial charge in [-0.15, -0.1) is 0 Å². The summed E-state index contributed by atoms with van der Waals surface area (Å²) in [5, 5.41) is 11.0. The van der Waals surface area contributed by atoms with E-state index >= 15 is 0 Å². The molecule has 0 saturated carbocycles. The highest BCUT2D eigenvalue weighted by molar-refractivity contribution is 5.86. The Morgan fingerprint density at radius 2 is 1.89 bits per heavy atom. The second-order valence-corrected chi connectivity index (χ2v) is 7.97. The van der Waals surface area contributed by atoms with Crippen LogP contribution in [0.1, 0.15) is 37.7 Å². The molecular formula is C21H31N3O3. The van der Waals surface area contributed by atoms with Crippen LogP contribution in [0.2, 0.25) is 0 Å². The van der Waals surface area contributed by atoms with Crippen LogP contribution in [0.25, 0.3) is 0 Å². The van der Waals surface area contributed by atoms with Gasteiger partial charge < -0.3 is 15.7 Å². The molecule has 2 aliphatic heterocycles. The van der Waals surface area contributed by atoms with E-state index in [0.29, 0.717) is 45.4 Å². The van der Waals surface area contributed by atoms with E-state index in [-0.39, 0.29) is 17.7 Å². The smallest absolute Gasteiger partial charge is 0.255 e. The minimum Gasteiger partial charge on any atom is -0.379 e. The zero-order valence-corrected chi connectivity index (χ0v) is 16.0. The van der Waals surface area contributed by atoms with E-state index in [9.17, 15) is 14.7 Å². The molecule has 1 aromatic carbocycles. The topological polar surface area (TPSA) is 86.9 Å². The number of hydrogen-bond donors (Lipinski definition) is 2. The highest BCUT2D eigenvalue weighted by atomic mass is 16.3. The van der Waals surface area contributed by atoms with E-state index in [1.54, 1.807) is 0 Å². The zero-order chi connectivity index (χ0) is 19.3. The van der Waals surface area contributed by atoms with Crippen molar-refractivity contribution in [2.45, 2.75) is 44.1 Å². The molecule has 1 aromatic rings. The molecule has 0 aliphatic carbocycles. The minimum atomic E-state index is -1.30. The van der Waals surface area contributed by atoms with E-state index in [1.165, 1.54) is 5.56 Å². The third kappa shape index (κ3) is 5.08. The Labute approximate surface area is 161 Å². The largest absolute Gasteiger partial charge is 0.379 e. The number of rotatable bonds is 7. The van der Waals surface area contributed by atoms with Gasteiger partial charge in [-0.2, -0.15) is 0 Å². The molecule has 6 nitrogen and oxygen atoms in total. The number of nitrogens with two attached hydrogens (primary N) is 1. The first-order valence-corrected chi connectivity index (χ1v) is 10.1. The van der Waals surface area contributed by atoms with E-state index < -0.39 is 5.60 Å². The van der Waals surface area contributed by atoms with E-state index in [4.69, 9.17) is 5.73 Å². The number of carbonyl (C=O) groups excluding carboxylic acids is 2. The van der Waals surface area contributed by atoms with Gasteiger partial charge in [-0.05, 0) is 57.2 Å². The molecule has 1 unspecified atom stereocenters. The first-order valence-electron chi connectivity index (χ1n) is 10.1. The van der Waals surface area contributed by atoms with Gasteiger partial charge in [-0.1, -0.05) is 30.3 Å². The van der Waals surface area contributed by atoms with Gasteiger partial charge in [0.05, 0.1) is 0 Å². The average molecular weight is 373 g/mol. The lowest BCUT2D eigenvalue weighted by atomic mass is 9.89. The lowest BCUT2D eigenvalue weighted by molar-refractivity contribution is -0.160. The maximum Gasteiger partial charge on any atom is 0.255 e. The van der Waals surface area contributed by atoms with Crippen LogP contribution in [0.3, 0.4) is 0 Å². The minimum absolute atomic E-state index is 0.0764. The molecule has 3 N–H and O–H groups in total. The number of aryl methyl sites for hydroxylation is 1. The number of primary amides is 1. The standard InChI is InChI=1S/C21H31N3O3/c22-19(25)18-9-14-23(15-10-18)16-21(27)11-5-13-24(20(21)26)12-4-8-17-6-2-1-3-7-17/h1-3,6-7,18,27H,4-5,8-16H2,(H2,22,25). The molecule has 2 amide bonds. The van der Waals surface area contributed by atoms with E-state index in [0.717, 1.165) is 25.8 Å². The number of aliphatic hydroxyl groups is 1. The van der Waals surface area contributed by atoms with Crippen LogP contribution in [0.15, 0.2) is 30.3 Å². The van der Waals surface area contributed by atoms with Gasteiger partial charge in [0.1, 0.15) is 0 Å². The number of likely N-dealkylation sites (tertiary alicyclic amines) is 2. The van der Waals surface area contributed by atoms with Crippen molar-refractivity contribution in [3.8, 4) is 0 Å². The van der Waals surface area contributed by atoms with Crippen molar-refractivity contribution >= 4 is 11.8 Å². The number of β-amino-alcohol motifs (C(OH)–C–C–N with tert-alkyl or cyclic N) is 1. The molecule has 2 aliphatic rings. The first kappa shape index (κ1) is 19.8. The number of hydrogen-bond acceptors (Lipinski definition) is 4. The van der Waals surface area contributed by atoms with Crippen LogP contribution in [0.5, 0.6) is 0 Å². The predicted octanol–water partition coefficient (Wildman–Crippen LogP) is 1.17. The molecule has 3 rings (SSSR count). The summed E-state index contributed by atoms with van der Waals surface area (Å²) in [5.74, 6) is -0.460. The van der Waals surface area contributed by atoms with Gasteiger partial charge in [-0.3, -0.25) is 14.5 Å². The zero-order valence-electron chi connectivity index (χ0n) is 16.0. The van der Waals surface area contributed by atoms with Crippen molar-refractivity contribution in [2.24, 2.45) is 11.7 Å². The number of carbonyl (C=O) groups is 2. The summed E-state index contributed by atoms with van der Waals surface area (Å²) in [6, 6.07) is 10.3. The van der Waals surface area contributed by atoms with Crippen molar-refractivity contribution in [2.75, 3.05) is 32.7 Å². The Morgan fingerprint density at radius 1 is 1.19 bits per heavy atom. The molecule has 0 aromatic heterocycles. The van der Waals surface area contributed by atoms with Crippen LogP contribution in [-0.4, -0.2) is 65.0 Å². The number of piperidine rings is 2. The summed E-state index contributed by atoms with van der Waals surface area (Å²) in [4.78, 5) is 28.1. The van der Waals surface area contributed by atoms with Gasteiger partial charge in [0, 0.05) is 25.6 Å². The Hall–Kier alpha value is -1.92. The van der Waals surface area contributed by atoms with Crippen molar-refractivity contribution in [3.63, 3.8) is 0 Å². The summed E-state index contributed by atoms with van der Waals surface area (Å²) in [7, 11) is 0. The monoisotopic (exact) mass is 373 g/mol. The van der Waals surface area contributed by atoms with Gasteiger partial charge in [0.25, 0.3) is 5.91 Å². The van der Waals surface area contributed by atoms with Gasteiger partial charge >= 0.3 is 0 Å². The molecule has 148 valence electrons. The summed E-state index contributed by atoms with van der Waals surface area (Å²) in [6.07, 6.45) is 4.59. The molecule has 6 heteroatoms. The van der Waals surface area contributed by atoms with Crippen LogP contribution in [0.4, 0.5) is 0 Å². The Balaban J connectivity index is 1.50. The number of nitrogens with zero attached hydrogens (tertiary/aromatic N) is 2. The average Bonchev–Trinajstić information content (AvgIpc) is 2.66. The van der Waals surface area contributed by atoms with Crippen molar-refractivity contribution < 1.29 is 14.7 Å². The van der Waals surface area contributed by atoms with Crippen molar-refractivity contribution in [1.29, 1.82) is 0 Å². The normalized spacial score (nSPS) is 24.9. The third-order valence-corrected chi connectivity index (χ3v) is 5.92. The molecule has 0 bridgehead atoms. The summed E-state index contributed by atoms with van der Waals surface area (Å²) in [5.41, 5.74) is 5.36. The van der Waals surface area contributed by atoms with Crippen LogP contribution >= 0.6 is 0 Å². The highest BCUT2D eigenvalue weighted by Crippen LogP contribution is 2.26. The number of benzene rings is 1. The van der Waals surface area contributed by atoms with Gasteiger partial charge in [0.2, 0.25) is 5.91 Å². The number of amides is 2. The Kier molecular flexibility index (Phi) is 6.50. The quantitative estimate of drug-likeness (QED) is 0.751. The van der Waals surface area contributed by atoms with Crippen LogP contribution in [0, 0.1) is 5.92 Å². The maximum absolute atomic E-state index is 12.9. The van der Waals surface area contributed by atoms with E-state index in [2.05, 4.69) is 17.0 Å². The summed E-state index contributed by atoms with van der Waals surface area (Å²) in [6.45, 7) is 3.17.